The number of carbonyl (C=O) groups is 1. The van der Waals surface area contributed by atoms with E-state index in [1.165, 1.54) is 0 Å². The molecule has 0 unspecified atom stereocenters. The van der Waals surface area contributed by atoms with Gasteiger partial charge >= 0.3 is 5.97 Å². The molecular weight excluding hydrogens is 182 g/mol. The zero-order valence-electron chi connectivity index (χ0n) is 8.66. The lowest BCUT2D eigenvalue weighted by molar-refractivity contribution is -0.137. The summed E-state index contributed by atoms with van der Waals surface area (Å²) in [5, 5.41) is 11.8. The van der Waals surface area contributed by atoms with E-state index < -0.39 is 5.97 Å². The van der Waals surface area contributed by atoms with Gasteiger partial charge in [0.05, 0.1) is 6.10 Å². The number of ether oxygens (including phenoxy) is 1. The molecule has 4 nitrogen and oxygen atoms in total. The van der Waals surface area contributed by atoms with Crippen LogP contribution in [0.1, 0.15) is 26.2 Å². The molecule has 0 aromatic heterocycles. The molecule has 0 bridgehead atoms. The third-order valence-corrected chi connectivity index (χ3v) is 2.57. The topological polar surface area (TPSA) is 58.6 Å². The van der Waals surface area contributed by atoms with E-state index in [-0.39, 0.29) is 12.5 Å². The lowest BCUT2D eigenvalue weighted by Crippen LogP contribution is -2.40. The Morgan fingerprint density at radius 1 is 1.57 bits per heavy atom. The Hall–Kier alpha value is -0.610. The van der Waals surface area contributed by atoms with E-state index in [0.717, 1.165) is 32.5 Å². The van der Waals surface area contributed by atoms with Crippen molar-refractivity contribution in [2.45, 2.75) is 32.3 Å². The van der Waals surface area contributed by atoms with Crippen LogP contribution in [-0.4, -0.2) is 36.9 Å². The van der Waals surface area contributed by atoms with Gasteiger partial charge in [-0.05, 0) is 32.2 Å². The molecule has 0 aliphatic carbocycles. The van der Waals surface area contributed by atoms with Gasteiger partial charge in [0.15, 0.2) is 0 Å². The van der Waals surface area contributed by atoms with Crippen molar-refractivity contribution in [3.63, 3.8) is 0 Å². The van der Waals surface area contributed by atoms with E-state index in [2.05, 4.69) is 5.32 Å². The van der Waals surface area contributed by atoms with Gasteiger partial charge in [0.1, 0.15) is 0 Å². The van der Waals surface area contributed by atoms with Crippen molar-refractivity contribution in [1.82, 2.24) is 5.32 Å². The molecule has 0 radical (unpaired) electrons. The average Bonchev–Trinajstić information content (AvgIpc) is 2.16. The highest BCUT2D eigenvalue weighted by molar-refractivity contribution is 5.66. The second kappa shape index (κ2) is 5.98. The summed E-state index contributed by atoms with van der Waals surface area (Å²) in [5.74, 6) is -0.250. The number of hydrogen-bond acceptors (Lipinski definition) is 3. The first-order chi connectivity index (χ1) is 6.72. The van der Waals surface area contributed by atoms with Crippen molar-refractivity contribution < 1.29 is 14.6 Å². The van der Waals surface area contributed by atoms with E-state index in [1.54, 1.807) is 0 Å². The van der Waals surface area contributed by atoms with E-state index in [9.17, 15) is 4.79 Å². The molecule has 1 fully saturated rings. The summed E-state index contributed by atoms with van der Waals surface area (Å²) in [6.45, 7) is 4.55. The summed E-state index contributed by atoms with van der Waals surface area (Å²) in [4.78, 5) is 10.4. The van der Waals surface area contributed by atoms with Crippen LogP contribution in [0.3, 0.4) is 0 Å². The minimum atomic E-state index is -0.705. The van der Waals surface area contributed by atoms with E-state index in [4.69, 9.17) is 9.84 Å². The molecule has 2 N–H and O–H groups in total. The van der Waals surface area contributed by atoms with Crippen molar-refractivity contribution in [1.29, 1.82) is 0 Å². The van der Waals surface area contributed by atoms with E-state index in [0.29, 0.717) is 5.92 Å². The molecule has 0 amide bonds. The third kappa shape index (κ3) is 4.07. The average molecular weight is 201 g/mol. The number of nitrogens with one attached hydrogen (secondary N) is 1. The molecule has 4 heteroatoms. The zero-order valence-corrected chi connectivity index (χ0v) is 8.66. The fourth-order valence-electron chi connectivity index (χ4n) is 1.90. The second-order valence-corrected chi connectivity index (χ2v) is 3.77. The smallest absolute Gasteiger partial charge is 0.303 e. The maximum absolute atomic E-state index is 10.4. The predicted octanol–water partition coefficient (Wildman–Crippen LogP) is 0.866. The molecule has 2 atom stereocenters. The normalized spacial score (nSPS) is 27.5. The molecule has 1 saturated heterocycles. The number of aliphatic carboxylic acids is 1. The predicted molar refractivity (Wildman–Crippen MR) is 53.3 cm³/mol. The van der Waals surface area contributed by atoms with Gasteiger partial charge in [0, 0.05) is 19.6 Å². The highest BCUT2D eigenvalue weighted by atomic mass is 16.5. The van der Waals surface area contributed by atoms with Crippen LogP contribution in [0.25, 0.3) is 0 Å². The molecule has 82 valence electrons. The summed E-state index contributed by atoms with van der Waals surface area (Å²) >= 11 is 0. The summed E-state index contributed by atoms with van der Waals surface area (Å²) in [6.07, 6.45) is 2.29. The highest BCUT2D eigenvalue weighted by Gasteiger charge is 2.21. The first-order valence-corrected chi connectivity index (χ1v) is 5.26. The summed E-state index contributed by atoms with van der Waals surface area (Å²) in [7, 11) is 0. The van der Waals surface area contributed by atoms with E-state index >= 15 is 0 Å². The van der Waals surface area contributed by atoms with Gasteiger partial charge in [-0.25, -0.2) is 0 Å². The largest absolute Gasteiger partial charge is 0.481 e. The van der Waals surface area contributed by atoms with Crippen molar-refractivity contribution in [3.05, 3.63) is 0 Å². The first-order valence-electron chi connectivity index (χ1n) is 5.26. The summed E-state index contributed by atoms with van der Waals surface area (Å²) < 4.78 is 5.51. The third-order valence-electron chi connectivity index (χ3n) is 2.57. The van der Waals surface area contributed by atoms with Crippen molar-refractivity contribution in [2.24, 2.45) is 5.92 Å². The van der Waals surface area contributed by atoms with Gasteiger partial charge < -0.3 is 15.2 Å². The Morgan fingerprint density at radius 3 is 3.00 bits per heavy atom. The van der Waals surface area contributed by atoms with Crippen LogP contribution in [0.2, 0.25) is 0 Å². The van der Waals surface area contributed by atoms with Crippen LogP contribution in [-0.2, 0) is 9.53 Å². The second-order valence-electron chi connectivity index (χ2n) is 3.77. The van der Waals surface area contributed by atoms with Crippen LogP contribution in [0, 0.1) is 5.92 Å². The Balaban J connectivity index is 2.21. The number of piperidine rings is 1. The Kier molecular flexibility index (Phi) is 4.90. The number of hydrogen-bond donors (Lipinski definition) is 2. The van der Waals surface area contributed by atoms with Gasteiger partial charge in [-0.2, -0.15) is 0 Å². The van der Waals surface area contributed by atoms with Gasteiger partial charge in [-0.1, -0.05) is 0 Å². The standard InChI is InChI=1S/C10H19NO3/c1-2-14-9-5-8(6-11-7-9)3-4-10(12)13/h8-9,11H,2-7H2,1H3,(H,12,13)/t8-,9+/m0/s1. The van der Waals surface area contributed by atoms with Crippen molar-refractivity contribution in [3.8, 4) is 0 Å². The van der Waals surface area contributed by atoms with Gasteiger partial charge in [-0.3, -0.25) is 4.79 Å². The fraction of sp³-hybridized carbons (Fsp3) is 0.900. The quantitative estimate of drug-likeness (QED) is 0.693. The molecule has 0 aromatic carbocycles. The molecule has 1 rings (SSSR count). The Morgan fingerprint density at radius 2 is 2.36 bits per heavy atom. The summed E-state index contributed by atoms with van der Waals surface area (Å²) in [6, 6.07) is 0. The zero-order chi connectivity index (χ0) is 10.4. The molecule has 14 heavy (non-hydrogen) atoms. The van der Waals surface area contributed by atoms with Crippen molar-refractivity contribution in [2.75, 3.05) is 19.7 Å². The molecule has 0 saturated carbocycles. The number of carboxylic acid groups (broad SMARTS) is 1. The summed E-state index contributed by atoms with van der Waals surface area (Å²) in [5.41, 5.74) is 0. The Labute approximate surface area is 84.6 Å². The molecule has 1 aliphatic rings. The van der Waals surface area contributed by atoms with Crippen LogP contribution < -0.4 is 5.32 Å². The Bertz CT molecular complexity index is 182. The SMILES string of the molecule is CCO[C@H]1CNC[C@@H](CCC(=O)O)C1. The molecular formula is C10H19NO3. The maximum Gasteiger partial charge on any atom is 0.303 e. The van der Waals surface area contributed by atoms with Gasteiger partial charge in [0.2, 0.25) is 0 Å². The lowest BCUT2D eigenvalue weighted by Gasteiger charge is -2.29. The molecule has 0 aromatic rings. The minimum Gasteiger partial charge on any atom is -0.481 e. The van der Waals surface area contributed by atoms with Crippen LogP contribution in [0.15, 0.2) is 0 Å². The van der Waals surface area contributed by atoms with Crippen LogP contribution in [0.5, 0.6) is 0 Å². The fourth-order valence-corrected chi connectivity index (χ4v) is 1.90. The molecule has 1 heterocycles. The number of rotatable bonds is 5. The number of carboxylic acids is 1. The molecule has 0 spiro atoms. The minimum absolute atomic E-state index is 0.269. The van der Waals surface area contributed by atoms with Crippen molar-refractivity contribution >= 4 is 5.97 Å². The van der Waals surface area contributed by atoms with Crippen LogP contribution >= 0.6 is 0 Å². The highest BCUT2D eigenvalue weighted by Crippen LogP contribution is 2.18. The maximum atomic E-state index is 10.4. The van der Waals surface area contributed by atoms with Gasteiger partial charge in [0.25, 0.3) is 0 Å². The monoisotopic (exact) mass is 201 g/mol. The van der Waals surface area contributed by atoms with E-state index in [1.807, 2.05) is 6.92 Å². The van der Waals surface area contributed by atoms with Gasteiger partial charge in [-0.15, -0.1) is 0 Å². The van der Waals surface area contributed by atoms with Crippen LogP contribution in [0.4, 0.5) is 0 Å². The first kappa shape index (κ1) is 11.5. The molecule has 1 aliphatic heterocycles. The lowest BCUT2D eigenvalue weighted by atomic mass is 9.93.